The number of aromatic amines is 1. The molecular formula is C22H29ClN4O2. The first-order valence-electron chi connectivity index (χ1n) is 10.5. The average Bonchev–Trinajstić information content (AvgIpc) is 3.24. The first-order chi connectivity index (χ1) is 14.1. The van der Waals surface area contributed by atoms with Crippen molar-refractivity contribution in [1.82, 2.24) is 19.8 Å². The molecule has 1 aromatic carbocycles. The lowest BCUT2D eigenvalue weighted by atomic mass is 10.1. The number of nitrogens with one attached hydrogen (secondary N) is 1. The number of aromatic nitrogens is 2. The molecule has 1 amide bonds. The number of halogens is 1. The number of benzene rings is 1. The van der Waals surface area contributed by atoms with Gasteiger partial charge in [0.25, 0.3) is 0 Å². The van der Waals surface area contributed by atoms with Crippen LogP contribution in [0.1, 0.15) is 43.3 Å². The van der Waals surface area contributed by atoms with E-state index in [0.717, 1.165) is 49.4 Å². The first-order valence-corrected chi connectivity index (χ1v) is 10.9. The summed E-state index contributed by atoms with van der Waals surface area (Å²) < 4.78 is 6.06. The van der Waals surface area contributed by atoms with Gasteiger partial charge >= 0.3 is 0 Å². The monoisotopic (exact) mass is 416 g/mol. The van der Waals surface area contributed by atoms with Gasteiger partial charge < -0.3 is 14.6 Å². The van der Waals surface area contributed by atoms with E-state index >= 15 is 0 Å². The summed E-state index contributed by atoms with van der Waals surface area (Å²) in [6.07, 6.45) is 3.64. The Morgan fingerprint density at radius 3 is 2.86 bits per heavy atom. The van der Waals surface area contributed by atoms with E-state index in [2.05, 4.69) is 33.9 Å². The molecule has 0 unspecified atom stereocenters. The molecule has 7 heteroatoms. The molecule has 3 heterocycles. The Morgan fingerprint density at radius 2 is 2.07 bits per heavy atom. The van der Waals surface area contributed by atoms with Crippen LogP contribution in [0, 0.1) is 0 Å². The smallest absolute Gasteiger partial charge is 0.225 e. The van der Waals surface area contributed by atoms with Crippen molar-refractivity contribution in [1.29, 1.82) is 0 Å². The summed E-state index contributed by atoms with van der Waals surface area (Å²) >= 11 is 6.38. The van der Waals surface area contributed by atoms with Gasteiger partial charge in [-0.3, -0.25) is 9.69 Å². The highest BCUT2D eigenvalue weighted by atomic mass is 35.5. The molecule has 6 nitrogen and oxygen atoms in total. The summed E-state index contributed by atoms with van der Waals surface area (Å²) in [5, 5.41) is 0.557. The van der Waals surface area contributed by atoms with Gasteiger partial charge in [0, 0.05) is 32.6 Å². The Morgan fingerprint density at radius 1 is 1.24 bits per heavy atom. The fourth-order valence-corrected chi connectivity index (χ4v) is 4.48. The number of nitrogens with zero attached hydrogens (tertiary/aromatic N) is 3. The Bertz CT molecular complexity index is 825. The second-order valence-electron chi connectivity index (χ2n) is 7.98. The number of hydrogen-bond donors (Lipinski definition) is 1. The van der Waals surface area contributed by atoms with E-state index in [0.29, 0.717) is 31.3 Å². The molecule has 29 heavy (non-hydrogen) atoms. The Labute approximate surface area is 177 Å². The van der Waals surface area contributed by atoms with Crippen LogP contribution in [0.15, 0.2) is 30.3 Å². The number of rotatable bonds is 7. The average molecular weight is 417 g/mol. The molecule has 1 aromatic heterocycles. The van der Waals surface area contributed by atoms with Gasteiger partial charge in [0.05, 0.1) is 30.9 Å². The number of aryl methyl sites for hydroxylation is 1. The van der Waals surface area contributed by atoms with Crippen molar-refractivity contribution in [3.63, 3.8) is 0 Å². The summed E-state index contributed by atoms with van der Waals surface area (Å²) in [5.41, 5.74) is 2.10. The zero-order chi connectivity index (χ0) is 20.2. The van der Waals surface area contributed by atoms with Crippen LogP contribution in [-0.2, 0) is 29.0 Å². The van der Waals surface area contributed by atoms with Crippen molar-refractivity contribution in [2.24, 2.45) is 0 Å². The Balaban J connectivity index is 1.45. The standard InChI is InChI=1S/C22H29ClN4O2/c1-2-3-9-20-24-17(22(23)25-20)13-26-14-18-19(15-26)29-11-10-21(28)27(18)12-16-7-5-4-6-8-16/h4-8,18-19H,2-3,9-15H2,1H3,(H,24,25)/t18-,19-/m0/s1. The molecule has 0 radical (unpaired) electrons. The summed E-state index contributed by atoms with van der Waals surface area (Å²) in [4.78, 5) is 25.0. The highest BCUT2D eigenvalue weighted by molar-refractivity contribution is 6.30. The molecule has 0 saturated carbocycles. The van der Waals surface area contributed by atoms with Crippen molar-refractivity contribution < 1.29 is 9.53 Å². The third kappa shape index (κ3) is 4.82. The summed E-state index contributed by atoms with van der Waals surface area (Å²) in [5.74, 6) is 1.13. The summed E-state index contributed by atoms with van der Waals surface area (Å²) in [6.45, 7) is 5.56. The minimum Gasteiger partial charge on any atom is -0.374 e. The highest BCUT2D eigenvalue weighted by Crippen LogP contribution is 2.27. The zero-order valence-electron chi connectivity index (χ0n) is 16.9. The molecule has 2 aromatic rings. The van der Waals surface area contributed by atoms with Crippen LogP contribution in [-0.4, -0.2) is 57.5 Å². The quantitative estimate of drug-likeness (QED) is 0.751. The number of unbranched alkanes of at least 4 members (excludes halogenated alkanes) is 1. The van der Waals surface area contributed by atoms with Crippen LogP contribution in [0.4, 0.5) is 0 Å². The van der Waals surface area contributed by atoms with Gasteiger partial charge in [-0.15, -0.1) is 0 Å². The number of carbonyl (C=O) groups excluding carboxylic acids is 1. The van der Waals surface area contributed by atoms with Crippen LogP contribution in [0.3, 0.4) is 0 Å². The predicted molar refractivity (Wildman–Crippen MR) is 113 cm³/mol. The zero-order valence-corrected chi connectivity index (χ0v) is 17.7. The number of likely N-dealkylation sites (tertiary alicyclic amines) is 1. The minimum atomic E-state index is 0.0337. The number of amides is 1. The molecule has 2 aliphatic heterocycles. The van der Waals surface area contributed by atoms with Gasteiger partial charge in [-0.25, -0.2) is 4.98 Å². The van der Waals surface area contributed by atoms with Gasteiger partial charge in [0.15, 0.2) is 5.15 Å². The van der Waals surface area contributed by atoms with Crippen LogP contribution in [0.5, 0.6) is 0 Å². The van der Waals surface area contributed by atoms with Gasteiger partial charge in [-0.2, -0.15) is 0 Å². The second kappa shape index (κ2) is 9.28. The lowest BCUT2D eigenvalue weighted by molar-refractivity contribution is -0.133. The molecule has 4 rings (SSSR count). The second-order valence-corrected chi connectivity index (χ2v) is 8.34. The van der Waals surface area contributed by atoms with Crippen LogP contribution >= 0.6 is 11.6 Å². The maximum absolute atomic E-state index is 12.8. The highest BCUT2D eigenvalue weighted by Gasteiger charge is 2.41. The van der Waals surface area contributed by atoms with E-state index in [1.807, 2.05) is 23.1 Å². The third-order valence-corrected chi connectivity index (χ3v) is 6.12. The maximum Gasteiger partial charge on any atom is 0.225 e. The fourth-order valence-electron chi connectivity index (χ4n) is 4.27. The Hall–Kier alpha value is -1.89. The molecule has 2 saturated heterocycles. The molecule has 0 aliphatic carbocycles. The lowest BCUT2D eigenvalue weighted by Crippen LogP contribution is -2.45. The topological polar surface area (TPSA) is 61.5 Å². The minimum absolute atomic E-state index is 0.0337. The molecule has 2 fully saturated rings. The van der Waals surface area contributed by atoms with Crippen LogP contribution in [0.25, 0.3) is 0 Å². The van der Waals surface area contributed by atoms with E-state index in [9.17, 15) is 4.79 Å². The number of imidazole rings is 1. The molecule has 0 spiro atoms. The fraction of sp³-hybridized carbons (Fsp3) is 0.545. The van der Waals surface area contributed by atoms with Crippen molar-refractivity contribution in [3.8, 4) is 0 Å². The number of carbonyl (C=O) groups is 1. The Kier molecular flexibility index (Phi) is 6.53. The van der Waals surface area contributed by atoms with E-state index < -0.39 is 0 Å². The summed E-state index contributed by atoms with van der Waals surface area (Å²) in [6, 6.07) is 10.2. The summed E-state index contributed by atoms with van der Waals surface area (Å²) in [7, 11) is 0. The first kappa shape index (κ1) is 20.4. The molecule has 2 aliphatic rings. The third-order valence-electron chi connectivity index (χ3n) is 5.80. The number of hydrogen-bond acceptors (Lipinski definition) is 4. The van der Waals surface area contributed by atoms with E-state index in [4.69, 9.17) is 16.3 Å². The number of ether oxygens (including phenoxy) is 1. The molecule has 2 atom stereocenters. The normalized spacial score (nSPS) is 22.7. The van der Waals surface area contributed by atoms with Crippen LogP contribution in [0.2, 0.25) is 5.15 Å². The van der Waals surface area contributed by atoms with Gasteiger partial charge in [-0.05, 0) is 12.0 Å². The van der Waals surface area contributed by atoms with Crippen molar-refractivity contribution >= 4 is 17.5 Å². The van der Waals surface area contributed by atoms with Crippen LogP contribution < -0.4 is 0 Å². The SMILES string of the molecule is CCCCc1nc(Cl)c(CN2C[C@@H]3OCCC(=O)N(Cc4ccccc4)[C@H]3C2)[nH]1. The predicted octanol–water partition coefficient (Wildman–Crippen LogP) is 3.41. The lowest BCUT2D eigenvalue weighted by Gasteiger charge is -2.30. The van der Waals surface area contributed by atoms with E-state index in [1.54, 1.807) is 0 Å². The van der Waals surface area contributed by atoms with E-state index in [1.165, 1.54) is 0 Å². The molecule has 156 valence electrons. The van der Waals surface area contributed by atoms with Crippen molar-refractivity contribution in [2.75, 3.05) is 19.7 Å². The van der Waals surface area contributed by atoms with E-state index in [-0.39, 0.29) is 18.1 Å². The largest absolute Gasteiger partial charge is 0.374 e. The van der Waals surface area contributed by atoms with Crippen molar-refractivity contribution in [3.05, 3.63) is 52.6 Å². The number of H-pyrrole nitrogens is 1. The van der Waals surface area contributed by atoms with Gasteiger partial charge in [0.1, 0.15) is 5.82 Å². The molecular weight excluding hydrogens is 388 g/mol. The number of fused-ring (bicyclic) bond motifs is 1. The van der Waals surface area contributed by atoms with Gasteiger partial charge in [0.2, 0.25) is 5.91 Å². The van der Waals surface area contributed by atoms with Crippen molar-refractivity contribution in [2.45, 2.75) is 57.8 Å². The molecule has 1 N–H and O–H groups in total. The maximum atomic E-state index is 12.8. The van der Waals surface area contributed by atoms with Gasteiger partial charge in [-0.1, -0.05) is 55.3 Å². The molecule has 0 bridgehead atoms.